The molecule has 0 saturated carbocycles. The first kappa shape index (κ1) is 10.2. The number of aromatic nitrogens is 5. The van der Waals surface area contributed by atoms with Crippen LogP contribution >= 0.6 is 11.3 Å². The normalized spacial score (nSPS) is 12.8. The number of nitrogens with zero attached hydrogens (tertiary/aromatic N) is 4. The van der Waals surface area contributed by atoms with E-state index in [2.05, 4.69) is 20.3 Å². The smallest absolute Gasteiger partial charge is 0.191 e. The van der Waals surface area contributed by atoms with Crippen molar-refractivity contribution in [1.29, 1.82) is 0 Å². The molecular formula is C11H11N5S. The topological polar surface area (TPSA) is 59.4 Å². The van der Waals surface area contributed by atoms with E-state index in [1.165, 1.54) is 0 Å². The molecule has 3 aromatic heterocycles. The quantitative estimate of drug-likeness (QED) is 0.770. The van der Waals surface area contributed by atoms with Crippen molar-refractivity contribution in [2.24, 2.45) is 0 Å². The summed E-state index contributed by atoms with van der Waals surface area (Å²) in [4.78, 5) is 5.56. The standard InChI is InChI=1S/C11H11N5S/c1-8(16-6-3-5-12-16)10-13-11(15-14-10)9-4-2-7-17-9/h2-8H,1H3,(H,13,14,15). The molecule has 0 aromatic carbocycles. The van der Waals surface area contributed by atoms with E-state index in [0.717, 1.165) is 16.5 Å². The molecule has 0 spiro atoms. The third kappa shape index (κ3) is 1.87. The second-order valence-electron chi connectivity index (χ2n) is 3.68. The van der Waals surface area contributed by atoms with Crippen LogP contribution in [-0.2, 0) is 0 Å². The first-order valence-electron chi connectivity index (χ1n) is 5.30. The molecule has 0 radical (unpaired) electrons. The Morgan fingerprint density at radius 3 is 3.06 bits per heavy atom. The van der Waals surface area contributed by atoms with Gasteiger partial charge in [-0.05, 0) is 24.4 Å². The van der Waals surface area contributed by atoms with Gasteiger partial charge in [0.05, 0.1) is 4.88 Å². The average molecular weight is 245 g/mol. The fraction of sp³-hybridized carbons (Fsp3) is 0.182. The van der Waals surface area contributed by atoms with Crippen LogP contribution in [0.25, 0.3) is 10.7 Å². The number of hydrogen-bond donors (Lipinski definition) is 1. The van der Waals surface area contributed by atoms with Gasteiger partial charge in [-0.15, -0.1) is 11.3 Å². The monoisotopic (exact) mass is 245 g/mol. The van der Waals surface area contributed by atoms with Crippen molar-refractivity contribution in [3.05, 3.63) is 41.8 Å². The zero-order chi connectivity index (χ0) is 11.7. The highest BCUT2D eigenvalue weighted by Gasteiger charge is 2.14. The van der Waals surface area contributed by atoms with Crippen molar-refractivity contribution in [1.82, 2.24) is 25.0 Å². The maximum absolute atomic E-state index is 4.49. The highest BCUT2D eigenvalue weighted by molar-refractivity contribution is 7.13. The lowest BCUT2D eigenvalue weighted by Crippen LogP contribution is -2.08. The molecule has 5 nitrogen and oxygen atoms in total. The van der Waals surface area contributed by atoms with Gasteiger partial charge in [0, 0.05) is 12.4 Å². The van der Waals surface area contributed by atoms with Crippen molar-refractivity contribution in [2.75, 3.05) is 0 Å². The van der Waals surface area contributed by atoms with Gasteiger partial charge in [-0.1, -0.05) is 6.07 Å². The highest BCUT2D eigenvalue weighted by atomic mass is 32.1. The molecule has 0 aliphatic rings. The van der Waals surface area contributed by atoms with Crippen LogP contribution in [0.1, 0.15) is 18.8 Å². The summed E-state index contributed by atoms with van der Waals surface area (Å²) in [7, 11) is 0. The van der Waals surface area contributed by atoms with E-state index in [0.29, 0.717) is 0 Å². The lowest BCUT2D eigenvalue weighted by atomic mass is 10.3. The van der Waals surface area contributed by atoms with Gasteiger partial charge in [0.25, 0.3) is 0 Å². The Labute approximate surface area is 102 Å². The van der Waals surface area contributed by atoms with Crippen LogP contribution in [0.5, 0.6) is 0 Å². The van der Waals surface area contributed by atoms with E-state index in [4.69, 9.17) is 0 Å². The van der Waals surface area contributed by atoms with Crippen LogP contribution in [0.4, 0.5) is 0 Å². The summed E-state index contributed by atoms with van der Waals surface area (Å²) in [6.45, 7) is 2.03. The van der Waals surface area contributed by atoms with Crippen LogP contribution in [0.2, 0.25) is 0 Å². The minimum absolute atomic E-state index is 0.0613. The summed E-state index contributed by atoms with van der Waals surface area (Å²) in [6.07, 6.45) is 3.67. The van der Waals surface area contributed by atoms with Crippen molar-refractivity contribution >= 4 is 11.3 Å². The molecule has 3 rings (SSSR count). The summed E-state index contributed by atoms with van der Waals surface area (Å²) >= 11 is 1.63. The Morgan fingerprint density at radius 1 is 1.41 bits per heavy atom. The second-order valence-corrected chi connectivity index (χ2v) is 4.63. The van der Waals surface area contributed by atoms with Gasteiger partial charge >= 0.3 is 0 Å². The number of H-pyrrole nitrogens is 1. The Bertz CT molecular complexity index is 581. The summed E-state index contributed by atoms with van der Waals surface area (Å²) < 4.78 is 1.85. The maximum atomic E-state index is 4.49. The maximum Gasteiger partial charge on any atom is 0.191 e. The Kier molecular flexibility index (Phi) is 2.49. The predicted molar refractivity (Wildman–Crippen MR) is 65.7 cm³/mol. The minimum Gasteiger partial charge on any atom is -0.262 e. The SMILES string of the molecule is CC(c1nc(-c2cccs2)n[nH]1)n1cccn1. The van der Waals surface area contributed by atoms with Crippen molar-refractivity contribution < 1.29 is 0 Å². The summed E-state index contributed by atoms with van der Waals surface area (Å²) in [6, 6.07) is 5.96. The van der Waals surface area contributed by atoms with Gasteiger partial charge in [-0.2, -0.15) is 10.2 Å². The molecule has 17 heavy (non-hydrogen) atoms. The third-order valence-corrected chi connectivity index (χ3v) is 3.43. The molecule has 3 aromatic rings. The van der Waals surface area contributed by atoms with Gasteiger partial charge in [0.2, 0.25) is 0 Å². The van der Waals surface area contributed by atoms with Crippen molar-refractivity contribution in [3.8, 4) is 10.7 Å². The van der Waals surface area contributed by atoms with Gasteiger partial charge in [-0.25, -0.2) is 4.98 Å². The number of nitrogens with one attached hydrogen (secondary N) is 1. The van der Waals surface area contributed by atoms with Gasteiger partial charge in [0.1, 0.15) is 11.9 Å². The molecule has 0 bridgehead atoms. The molecule has 0 aliphatic carbocycles. The van der Waals surface area contributed by atoms with Crippen LogP contribution < -0.4 is 0 Å². The molecule has 3 heterocycles. The van der Waals surface area contributed by atoms with Crippen molar-refractivity contribution in [2.45, 2.75) is 13.0 Å². The van der Waals surface area contributed by atoms with E-state index in [-0.39, 0.29) is 6.04 Å². The van der Waals surface area contributed by atoms with E-state index in [9.17, 15) is 0 Å². The molecule has 86 valence electrons. The number of aromatic amines is 1. The first-order valence-corrected chi connectivity index (χ1v) is 6.18. The third-order valence-electron chi connectivity index (χ3n) is 2.56. The largest absolute Gasteiger partial charge is 0.262 e. The Balaban J connectivity index is 1.90. The average Bonchev–Trinajstić information content (AvgIpc) is 3.09. The van der Waals surface area contributed by atoms with Crippen LogP contribution in [0.15, 0.2) is 36.0 Å². The molecule has 0 fully saturated rings. The zero-order valence-corrected chi connectivity index (χ0v) is 10.1. The number of hydrogen-bond acceptors (Lipinski definition) is 4. The lowest BCUT2D eigenvalue weighted by Gasteiger charge is -2.07. The summed E-state index contributed by atoms with van der Waals surface area (Å²) in [5, 5.41) is 13.4. The molecule has 0 aliphatic heterocycles. The van der Waals surface area contributed by atoms with E-state index in [1.54, 1.807) is 17.5 Å². The fourth-order valence-electron chi connectivity index (χ4n) is 1.61. The summed E-state index contributed by atoms with van der Waals surface area (Å²) in [5.41, 5.74) is 0. The first-order chi connectivity index (χ1) is 8.34. The van der Waals surface area contributed by atoms with Gasteiger partial charge in [-0.3, -0.25) is 9.78 Å². The Hall–Kier alpha value is -1.95. The van der Waals surface area contributed by atoms with E-state index < -0.39 is 0 Å². The van der Waals surface area contributed by atoms with Crippen LogP contribution in [-0.4, -0.2) is 25.0 Å². The van der Waals surface area contributed by atoms with Crippen LogP contribution in [0, 0.1) is 0 Å². The highest BCUT2D eigenvalue weighted by Crippen LogP contribution is 2.22. The summed E-state index contributed by atoms with van der Waals surface area (Å²) in [5.74, 6) is 1.56. The molecule has 1 N–H and O–H groups in total. The van der Waals surface area contributed by atoms with Crippen LogP contribution in [0.3, 0.4) is 0 Å². The number of rotatable bonds is 3. The van der Waals surface area contributed by atoms with Gasteiger partial charge in [0.15, 0.2) is 5.82 Å². The van der Waals surface area contributed by atoms with E-state index in [1.807, 2.05) is 41.4 Å². The molecule has 1 atom stereocenters. The van der Waals surface area contributed by atoms with Crippen molar-refractivity contribution in [3.63, 3.8) is 0 Å². The number of thiophene rings is 1. The zero-order valence-electron chi connectivity index (χ0n) is 9.24. The Morgan fingerprint density at radius 2 is 2.35 bits per heavy atom. The lowest BCUT2D eigenvalue weighted by molar-refractivity contribution is 0.538. The van der Waals surface area contributed by atoms with E-state index >= 15 is 0 Å². The minimum atomic E-state index is 0.0613. The molecular weight excluding hydrogens is 234 g/mol. The molecule has 0 saturated heterocycles. The molecule has 0 amide bonds. The molecule has 6 heteroatoms. The molecule has 1 unspecified atom stereocenters. The van der Waals surface area contributed by atoms with Gasteiger partial charge < -0.3 is 0 Å². The second kappa shape index (κ2) is 4.14. The fourth-order valence-corrected chi connectivity index (χ4v) is 2.27. The predicted octanol–water partition coefficient (Wildman–Crippen LogP) is 2.34.